The highest BCUT2D eigenvalue weighted by molar-refractivity contribution is 5.96. The number of nitro benzene ring substituents is 2. The summed E-state index contributed by atoms with van der Waals surface area (Å²) in [5.41, 5.74) is -0.819. The van der Waals surface area contributed by atoms with Crippen molar-refractivity contribution in [1.29, 1.82) is 0 Å². The number of carbonyl (C=O) groups excluding carboxylic acids is 1. The minimum absolute atomic E-state index is 0.0311. The first-order valence-electron chi connectivity index (χ1n) is 8.72. The minimum Gasteiger partial charge on any atom is -0.335 e. The Morgan fingerprint density at radius 3 is 2.08 bits per heavy atom. The molecule has 3 rings (SSSR count). The van der Waals surface area contributed by atoms with Crippen LogP contribution in [-0.4, -0.2) is 33.2 Å². The van der Waals surface area contributed by atoms with Crippen molar-refractivity contribution in [3.8, 4) is 0 Å². The summed E-state index contributed by atoms with van der Waals surface area (Å²) < 4.78 is 0. The Morgan fingerprint density at radius 2 is 1.52 bits per heavy atom. The van der Waals surface area contributed by atoms with E-state index in [1.165, 1.54) is 19.3 Å². The maximum atomic E-state index is 12.9. The van der Waals surface area contributed by atoms with E-state index in [4.69, 9.17) is 0 Å². The zero-order valence-electron chi connectivity index (χ0n) is 13.9. The number of nitrogens with zero attached hydrogens (tertiary/aromatic N) is 3. The molecule has 2 aliphatic rings. The van der Waals surface area contributed by atoms with Gasteiger partial charge in [-0.25, -0.2) is 0 Å². The van der Waals surface area contributed by atoms with Crippen molar-refractivity contribution >= 4 is 17.3 Å². The third-order valence-electron chi connectivity index (χ3n) is 5.33. The summed E-state index contributed by atoms with van der Waals surface area (Å²) in [5, 5.41) is 22.1. The molecule has 0 spiro atoms. The summed E-state index contributed by atoms with van der Waals surface area (Å²) in [7, 11) is 0. The van der Waals surface area contributed by atoms with Gasteiger partial charge in [-0.05, 0) is 31.6 Å². The number of carbonyl (C=O) groups is 1. The molecule has 0 bridgehead atoms. The molecule has 1 aliphatic carbocycles. The summed E-state index contributed by atoms with van der Waals surface area (Å²) in [4.78, 5) is 35.4. The number of hydrogen-bond donors (Lipinski definition) is 0. The number of likely N-dealkylation sites (tertiary alicyclic amines) is 1. The lowest BCUT2D eigenvalue weighted by Crippen LogP contribution is -2.40. The molecular weight excluding hydrogens is 326 g/mol. The lowest BCUT2D eigenvalue weighted by Gasteiger charge is -2.34. The minimum atomic E-state index is -0.702. The highest BCUT2D eigenvalue weighted by Gasteiger charge is 2.36. The second-order valence-electron chi connectivity index (χ2n) is 6.86. The van der Waals surface area contributed by atoms with E-state index >= 15 is 0 Å². The molecule has 0 aromatic heterocycles. The molecule has 1 heterocycles. The zero-order chi connectivity index (χ0) is 18.0. The quantitative estimate of drug-likeness (QED) is 0.610. The molecule has 1 aromatic carbocycles. The Labute approximate surface area is 145 Å². The van der Waals surface area contributed by atoms with E-state index in [0.717, 1.165) is 43.9 Å². The van der Waals surface area contributed by atoms with Gasteiger partial charge in [0.05, 0.1) is 21.5 Å². The third-order valence-corrected chi connectivity index (χ3v) is 5.33. The normalized spacial score (nSPS) is 21.3. The van der Waals surface area contributed by atoms with E-state index in [9.17, 15) is 25.0 Å². The molecule has 25 heavy (non-hydrogen) atoms. The standard InChI is InChI=1S/C17H21N3O5/c21-17(13-9-14(19(22)23)11-15(10-13)20(24)25)18-8-4-7-16(18)12-5-2-1-3-6-12/h9-12,16H,1-8H2/t16-/m1/s1. The average Bonchev–Trinajstić information content (AvgIpc) is 3.11. The topological polar surface area (TPSA) is 107 Å². The van der Waals surface area contributed by atoms with Crippen LogP contribution in [0, 0.1) is 26.1 Å². The van der Waals surface area contributed by atoms with Crippen molar-refractivity contribution in [2.24, 2.45) is 5.92 Å². The average molecular weight is 347 g/mol. The molecule has 1 aliphatic heterocycles. The number of hydrogen-bond acceptors (Lipinski definition) is 5. The van der Waals surface area contributed by atoms with E-state index in [-0.39, 0.29) is 17.5 Å². The Balaban J connectivity index is 1.88. The molecule has 134 valence electrons. The highest BCUT2D eigenvalue weighted by Crippen LogP contribution is 2.35. The van der Waals surface area contributed by atoms with Crippen molar-refractivity contribution in [3.63, 3.8) is 0 Å². The lowest BCUT2D eigenvalue weighted by molar-refractivity contribution is -0.394. The van der Waals surface area contributed by atoms with Crippen molar-refractivity contribution in [1.82, 2.24) is 4.90 Å². The van der Waals surface area contributed by atoms with Crippen LogP contribution in [0.2, 0.25) is 0 Å². The van der Waals surface area contributed by atoms with E-state index in [1.54, 1.807) is 4.90 Å². The van der Waals surface area contributed by atoms with Crippen LogP contribution in [0.4, 0.5) is 11.4 Å². The van der Waals surface area contributed by atoms with Crippen molar-refractivity contribution in [3.05, 3.63) is 44.0 Å². The van der Waals surface area contributed by atoms with E-state index in [2.05, 4.69) is 0 Å². The predicted octanol–water partition coefficient (Wildman–Crippen LogP) is 3.69. The fraction of sp³-hybridized carbons (Fsp3) is 0.588. The summed E-state index contributed by atoms with van der Waals surface area (Å²) in [6.45, 7) is 0.608. The molecular formula is C17H21N3O5. The molecule has 1 amide bonds. The molecule has 0 unspecified atom stereocenters. The fourth-order valence-corrected chi connectivity index (χ4v) is 4.15. The maximum Gasteiger partial charge on any atom is 0.277 e. The zero-order valence-corrected chi connectivity index (χ0v) is 13.9. The number of nitro groups is 2. The Kier molecular flexibility index (Phi) is 4.96. The molecule has 8 nitrogen and oxygen atoms in total. The summed E-state index contributed by atoms with van der Waals surface area (Å²) >= 11 is 0. The second kappa shape index (κ2) is 7.16. The lowest BCUT2D eigenvalue weighted by atomic mass is 9.83. The molecule has 1 saturated carbocycles. The van der Waals surface area contributed by atoms with Crippen LogP contribution in [0.1, 0.15) is 55.3 Å². The van der Waals surface area contributed by atoms with E-state index < -0.39 is 21.2 Å². The molecule has 2 fully saturated rings. The molecule has 1 atom stereocenters. The smallest absolute Gasteiger partial charge is 0.277 e. The van der Waals surface area contributed by atoms with Gasteiger partial charge in [0.2, 0.25) is 0 Å². The third kappa shape index (κ3) is 3.62. The summed E-state index contributed by atoms with van der Waals surface area (Å²) in [6.07, 6.45) is 7.62. The molecule has 1 aromatic rings. The van der Waals surface area contributed by atoms with Crippen LogP contribution >= 0.6 is 0 Å². The first-order chi connectivity index (χ1) is 12.0. The number of benzene rings is 1. The van der Waals surface area contributed by atoms with Gasteiger partial charge in [0.1, 0.15) is 0 Å². The van der Waals surface area contributed by atoms with Crippen LogP contribution < -0.4 is 0 Å². The van der Waals surface area contributed by atoms with Crippen molar-refractivity contribution in [2.75, 3.05) is 6.54 Å². The van der Waals surface area contributed by atoms with Gasteiger partial charge in [0.25, 0.3) is 17.3 Å². The van der Waals surface area contributed by atoms with Crippen LogP contribution in [0.3, 0.4) is 0 Å². The molecule has 8 heteroatoms. The molecule has 1 saturated heterocycles. The Bertz CT molecular complexity index is 667. The number of rotatable bonds is 4. The van der Waals surface area contributed by atoms with Crippen LogP contribution in [0.15, 0.2) is 18.2 Å². The highest BCUT2D eigenvalue weighted by atomic mass is 16.6. The Hall–Kier alpha value is -2.51. The van der Waals surface area contributed by atoms with Gasteiger partial charge in [0, 0.05) is 24.7 Å². The summed E-state index contributed by atoms with van der Waals surface area (Å²) in [5.74, 6) is 0.133. The van der Waals surface area contributed by atoms with Gasteiger partial charge in [-0.2, -0.15) is 0 Å². The van der Waals surface area contributed by atoms with Crippen LogP contribution in [0.25, 0.3) is 0 Å². The monoisotopic (exact) mass is 347 g/mol. The number of non-ortho nitro benzene ring substituents is 2. The Morgan fingerprint density at radius 1 is 0.920 bits per heavy atom. The predicted molar refractivity (Wildman–Crippen MR) is 90.4 cm³/mol. The first-order valence-corrected chi connectivity index (χ1v) is 8.72. The van der Waals surface area contributed by atoms with E-state index in [1.807, 2.05) is 0 Å². The number of amides is 1. The fourth-order valence-electron chi connectivity index (χ4n) is 4.15. The van der Waals surface area contributed by atoms with Crippen LogP contribution in [0.5, 0.6) is 0 Å². The van der Waals surface area contributed by atoms with Gasteiger partial charge in [-0.1, -0.05) is 19.3 Å². The van der Waals surface area contributed by atoms with Gasteiger partial charge in [0.15, 0.2) is 0 Å². The molecule has 0 radical (unpaired) electrons. The second-order valence-corrected chi connectivity index (χ2v) is 6.86. The van der Waals surface area contributed by atoms with E-state index in [0.29, 0.717) is 12.5 Å². The largest absolute Gasteiger partial charge is 0.335 e. The SMILES string of the molecule is O=C(c1cc([N+](=O)[O-])cc([N+](=O)[O-])c1)N1CCC[C@@H]1C1CCCCC1. The van der Waals surface area contributed by atoms with Crippen molar-refractivity contribution < 1.29 is 14.6 Å². The van der Waals surface area contributed by atoms with Crippen LogP contribution in [-0.2, 0) is 0 Å². The van der Waals surface area contributed by atoms with Crippen molar-refractivity contribution in [2.45, 2.75) is 51.0 Å². The summed E-state index contributed by atoms with van der Waals surface area (Å²) in [6, 6.07) is 3.32. The van der Waals surface area contributed by atoms with Gasteiger partial charge >= 0.3 is 0 Å². The maximum absolute atomic E-state index is 12.9. The first kappa shape index (κ1) is 17.3. The molecule has 0 N–H and O–H groups in total. The van der Waals surface area contributed by atoms with Gasteiger partial charge in [-0.3, -0.25) is 25.0 Å². The van der Waals surface area contributed by atoms with Gasteiger partial charge in [-0.15, -0.1) is 0 Å². The van der Waals surface area contributed by atoms with Gasteiger partial charge < -0.3 is 4.90 Å².